The van der Waals surface area contributed by atoms with E-state index in [2.05, 4.69) is 5.32 Å². The Labute approximate surface area is 125 Å². The summed E-state index contributed by atoms with van der Waals surface area (Å²) in [5.41, 5.74) is 0.226. The second-order valence-electron chi connectivity index (χ2n) is 5.44. The molecule has 1 amide bonds. The highest BCUT2D eigenvalue weighted by atomic mass is 35.5. The smallest absolute Gasteiger partial charge is 0.235 e. The summed E-state index contributed by atoms with van der Waals surface area (Å²) in [6.45, 7) is 5.65. The van der Waals surface area contributed by atoms with E-state index in [-0.39, 0.29) is 5.75 Å². The lowest BCUT2D eigenvalue weighted by Crippen LogP contribution is -2.45. The maximum absolute atomic E-state index is 12.0. The van der Waals surface area contributed by atoms with Gasteiger partial charge in [0.1, 0.15) is 5.75 Å². The molecule has 0 aliphatic carbocycles. The lowest BCUT2D eigenvalue weighted by molar-refractivity contribution is -0.120. The van der Waals surface area contributed by atoms with Gasteiger partial charge in [-0.15, -0.1) is 0 Å². The molecule has 1 rings (SSSR count). The van der Waals surface area contributed by atoms with Crippen LogP contribution in [0, 0.1) is 0 Å². The highest BCUT2D eigenvalue weighted by Gasteiger charge is 2.22. The third-order valence-corrected chi connectivity index (χ3v) is 4.74. The van der Waals surface area contributed by atoms with Crippen LogP contribution in [0.25, 0.3) is 0 Å². The summed E-state index contributed by atoms with van der Waals surface area (Å²) in [4.78, 5) is 11.8. The summed E-state index contributed by atoms with van der Waals surface area (Å²) in [6.07, 6.45) is 0.732. The Morgan fingerprint density at radius 2 is 1.80 bits per heavy atom. The van der Waals surface area contributed by atoms with Gasteiger partial charge in [-0.3, -0.25) is 4.79 Å². The van der Waals surface area contributed by atoms with Crippen LogP contribution < -0.4 is 5.32 Å². The molecule has 0 aromatic heterocycles. The van der Waals surface area contributed by atoms with Gasteiger partial charge in [0.05, 0.1) is 5.75 Å². The van der Waals surface area contributed by atoms with Crippen LogP contribution in [-0.2, 0) is 20.4 Å². The van der Waals surface area contributed by atoms with Crippen molar-refractivity contribution in [2.24, 2.45) is 0 Å². The van der Waals surface area contributed by atoms with Crippen molar-refractivity contribution in [2.45, 2.75) is 38.5 Å². The van der Waals surface area contributed by atoms with Gasteiger partial charge in [0.2, 0.25) is 5.91 Å². The van der Waals surface area contributed by atoms with Crippen molar-refractivity contribution in [3.05, 3.63) is 34.9 Å². The second-order valence-corrected chi connectivity index (χ2v) is 7.95. The molecule has 6 heteroatoms. The summed E-state index contributed by atoms with van der Waals surface area (Å²) in [5, 5.41) is 3.27. The Balaban J connectivity index is 2.66. The molecule has 20 heavy (non-hydrogen) atoms. The molecule has 0 spiro atoms. The molecule has 1 aromatic rings. The number of amides is 1. The van der Waals surface area contributed by atoms with E-state index in [1.54, 1.807) is 24.3 Å². The lowest BCUT2D eigenvalue weighted by Gasteiger charge is -2.24. The SMILES string of the molecule is CCC(C)(C)NC(=O)CS(=O)(=O)Cc1ccc(Cl)cc1. The highest BCUT2D eigenvalue weighted by molar-refractivity contribution is 7.91. The summed E-state index contributed by atoms with van der Waals surface area (Å²) >= 11 is 5.74. The van der Waals surface area contributed by atoms with Crippen LogP contribution in [0.2, 0.25) is 5.02 Å². The summed E-state index contributed by atoms with van der Waals surface area (Å²) in [7, 11) is -3.48. The molecule has 0 atom stereocenters. The zero-order valence-corrected chi connectivity index (χ0v) is 13.5. The fourth-order valence-corrected chi connectivity index (χ4v) is 2.99. The van der Waals surface area contributed by atoms with Gasteiger partial charge in [0.15, 0.2) is 9.84 Å². The van der Waals surface area contributed by atoms with Gasteiger partial charge >= 0.3 is 0 Å². The molecule has 1 N–H and O–H groups in total. The van der Waals surface area contributed by atoms with E-state index in [0.717, 1.165) is 6.42 Å². The number of hydrogen-bond acceptors (Lipinski definition) is 3. The second kappa shape index (κ2) is 6.59. The number of sulfone groups is 1. The van der Waals surface area contributed by atoms with E-state index in [1.807, 2.05) is 20.8 Å². The number of rotatable bonds is 6. The molecule has 0 unspecified atom stereocenters. The van der Waals surface area contributed by atoms with Crippen LogP contribution in [0.3, 0.4) is 0 Å². The van der Waals surface area contributed by atoms with Crippen LogP contribution in [0.4, 0.5) is 0 Å². The number of halogens is 1. The third kappa shape index (κ3) is 5.92. The van der Waals surface area contributed by atoms with Gasteiger partial charge in [-0.05, 0) is 38.0 Å². The first-order valence-electron chi connectivity index (χ1n) is 6.39. The van der Waals surface area contributed by atoms with Crippen molar-refractivity contribution >= 4 is 27.3 Å². The number of carbonyl (C=O) groups excluding carboxylic acids is 1. The number of nitrogens with one attached hydrogen (secondary N) is 1. The van der Waals surface area contributed by atoms with E-state index in [4.69, 9.17) is 11.6 Å². The van der Waals surface area contributed by atoms with Crippen molar-refractivity contribution in [2.75, 3.05) is 5.75 Å². The Bertz CT molecular complexity index is 565. The Hall–Kier alpha value is -1.07. The van der Waals surface area contributed by atoms with Gasteiger partial charge in [-0.2, -0.15) is 0 Å². The van der Waals surface area contributed by atoms with Crippen molar-refractivity contribution < 1.29 is 13.2 Å². The third-order valence-electron chi connectivity index (χ3n) is 3.01. The minimum atomic E-state index is -3.48. The molecule has 0 saturated carbocycles. The monoisotopic (exact) mass is 317 g/mol. The standard InChI is InChI=1S/C14H20ClNO3S/c1-4-14(2,3)16-13(17)10-20(18,19)9-11-5-7-12(15)8-6-11/h5-8H,4,9-10H2,1-3H3,(H,16,17). The van der Waals surface area contributed by atoms with E-state index in [9.17, 15) is 13.2 Å². The largest absolute Gasteiger partial charge is 0.350 e. The number of carbonyl (C=O) groups is 1. The topological polar surface area (TPSA) is 63.2 Å². The van der Waals surface area contributed by atoms with E-state index in [0.29, 0.717) is 10.6 Å². The minimum absolute atomic E-state index is 0.163. The van der Waals surface area contributed by atoms with Crippen LogP contribution in [-0.4, -0.2) is 25.6 Å². The molecule has 4 nitrogen and oxygen atoms in total. The van der Waals surface area contributed by atoms with Gasteiger partial charge in [-0.1, -0.05) is 30.7 Å². The normalized spacial score (nSPS) is 12.2. The van der Waals surface area contributed by atoms with Gasteiger partial charge in [0.25, 0.3) is 0 Å². The van der Waals surface area contributed by atoms with Crippen LogP contribution in [0.15, 0.2) is 24.3 Å². The Morgan fingerprint density at radius 3 is 2.30 bits per heavy atom. The van der Waals surface area contributed by atoms with Gasteiger partial charge in [-0.25, -0.2) is 8.42 Å². The number of hydrogen-bond donors (Lipinski definition) is 1. The zero-order chi connectivity index (χ0) is 15.4. The van der Waals surface area contributed by atoms with Crippen molar-refractivity contribution in [1.82, 2.24) is 5.32 Å². The molecule has 0 heterocycles. The minimum Gasteiger partial charge on any atom is -0.350 e. The fourth-order valence-electron chi connectivity index (χ4n) is 1.59. The van der Waals surface area contributed by atoms with Crippen LogP contribution >= 0.6 is 11.6 Å². The van der Waals surface area contributed by atoms with E-state index < -0.39 is 27.0 Å². The van der Waals surface area contributed by atoms with E-state index in [1.165, 1.54) is 0 Å². The first-order chi connectivity index (χ1) is 9.13. The number of benzene rings is 1. The molecule has 0 aliphatic heterocycles. The highest BCUT2D eigenvalue weighted by Crippen LogP contribution is 2.13. The van der Waals surface area contributed by atoms with Crippen molar-refractivity contribution in [3.63, 3.8) is 0 Å². The van der Waals surface area contributed by atoms with Crippen molar-refractivity contribution in [3.8, 4) is 0 Å². The molecular formula is C14H20ClNO3S. The average Bonchev–Trinajstić information content (AvgIpc) is 2.30. The molecule has 1 aromatic carbocycles. The Kier molecular flexibility index (Phi) is 5.59. The quantitative estimate of drug-likeness (QED) is 0.877. The average molecular weight is 318 g/mol. The summed E-state index contributed by atoms with van der Waals surface area (Å²) in [6, 6.07) is 6.56. The van der Waals surface area contributed by atoms with Crippen molar-refractivity contribution in [1.29, 1.82) is 0 Å². The van der Waals surface area contributed by atoms with Crippen LogP contribution in [0.5, 0.6) is 0 Å². The van der Waals surface area contributed by atoms with Crippen LogP contribution in [0.1, 0.15) is 32.8 Å². The molecule has 0 saturated heterocycles. The van der Waals surface area contributed by atoms with Gasteiger partial charge in [0, 0.05) is 10.6 Å². The molecule has 0 aliphatic rings. The molecule has 0 bridgehead atoms. The molecule has 112 valence electrons. The molecule has 0 radical (unpaired) electrons. The molecular weight excluding hydrogens is 298 g/mol. The predicted octanol–water partition coefficient (Wildman–Crippen LogP) is 2.56. The van der Waals surface area contributed by atoms with E-state index >= 15 is 0 Å². The summed E-state index contributed by atoms with van der Waals surface area (Å²) in [5.74, 6) is -1.13. The maximum Gasteiger partial charge on any atom is 0.235 e. The molecule has 0 fully saturated rings. The first-order valence-corrected chi connectivity index (χ1v) is 8.59. The Morgan fingerprint density at radius 1 is 1.25 bits per heavy atom. The summed E-state index contributed by atoms with van der Waals surface area (Å²) < 4.78 is 24.0. The maximum atomic E-state index is 12.0. The zero-order valence-electron chi connectivity index (χ0n) is 11.9. The van der Waals surface area contributed by atoms with Gasteiger partial charge < -0.3 is 5.32 Å². The lowest BCUT2D eigenvalue weighted by atomic mass is 10.0. The fraction of sp³-hybridized carbons (Fsp3) is 0.500. The first kappa shape index (κ1) is 17.0. The predicted molar refractivity (Wildman–Crippen MR) is 81.5 cm³/mol.